The van der Waals surface area contributed by atoms with Crippen LogP contribution in [0.1, 0.15) is 54.4 Å². The van der Waals surface area contributed by atoms with E-state index >= 15 is 0 Å². The topological polar surface area (TPSA) is 92.7 Å². The second kappa shape index (κ2) is 11.2. The maximum atomic E-state index is 11.7. The van der Waals surface area contributed by atoms with Gasteiger partial charge in [0.05, 0.1) is 18.3 Å². The Kier molecular flexibility index (Phi) is 7.75. The van der Waals surface area contributed by atoms with Crippen molar-refractivity contribution in [2.24, 2.45) is 5.92 Å². The van der Waals surface area contributed by atoms with Crippen molar-refractivity contribution in [2.75, 3.05) is 23.4 Å². The van der Waals surface area contributed by atoms with Crippen LogP contribution in [0.15, 0.2) is 60.7 Å². The quantitative estimate of drug-likeness (QED) is 0.301. The number of nitrogens with one attached hydrogen (secondary N) is 1. The van der Waals surface area contributed by atoms with Gasteiger partial charge in [-0.25, -0.2) is 8.42 Å². The molecule has 3 aromatic carbocycles. The number of carbonyl (C=O) groups is 1. The smallest absolute Gasteiger partial charge is 0.307 e. The van der Waals surface area contributed by atoms with Crippen LogP contribution in [-0.4, -0.2) is 37.6 Å². The van der Waals surface area contributed by atoms with Crippen LogP contribution < -0.4 is 10.1 Å². The Labute approximate surface area is 225 Å². The normalized spacial score (nSPS) is 18.1. The molecule has 0 spiro atoms. The van der Waals surface area contributed by atoms with Crippen LogP contribution in [0.3, 0.4) is 0 Å². The van der Waals surface area contributed by atoms with Crippen LogP contribution in [0.4, 0.5) is 5.69 Å². The Morgan fingerprint density at radius 2 is 1.79 bits per heavy atom. The highest BCUT2D eigenvalue weighted by molar-refractivity contribution is 7.91. The minimum atomic E-state index is -2.97. The van der Waals surface area contributed by atoms with Gasteiger partial charge in [0, 0.05) is 18.0 Å². The maximum absolute atomic E-state index is 11.7. The molecule has 2 atom stereocenters. The number of anilines is 1. The van der Waals surface area contributed by atoms with E-state index in [4.69, 9.17) is 9.84 Å². The summed E-state index contributed by atoms with van der Waals surface area (Å²) in [6.45, 7) is 2.77. The molecule has 0 aromatic heterocycles. The van der Waals surface area contributed by atoms with E-state index in [-0.39, 0.29) is 23.3 Å². The second-order valence-corrected chi connectivity index (χ2v) is 12.8. The fourth-order valence-electron chi connectivity index (χ4n) is 5.30. The fraction of sp³-hybridized carbons (Fsp3) is 0.387. The van der Waals surface area contributed by atoms with Crippen molar-refractivity contribution in [1.82, 2.24) is 0 Å². The molecule has 3 aromatic rings. The van der Waals surface area contributed by atoms with Gasteiger partial charge >= 0.3 is 5.97 Å². The van der Waals surface area contributed by atoms with Gasteiger partial charge in [-0.2, -0.15) is 0 Å². The molecule has 7 heteroatoms. The van der Waals surface area contributed by atoms with Crippen molar-refractivity contribution < 1.29 is 23.1 Å². The monoisotopic (exact) mass is 533 g/mol. The van der Waals surface area contributed by atoms with E-state index in [1.165, 1.54) is 27.8 Å². The van der Waals surface area contributed by atoms with Crippen LogP contribution >= 0.6 is 0 Å². The summed E-state index contributed by atoms with van der Waals surface area (Å²) in [6, 6.07) is 21.1. The number of benzene rings is 3. The average molecular weight is 534 g/mol. The maximum Gasteiger partial charge on any atom is 0.307 e. The molecule has 0 saturated heterocycles. The standard InChI is InChI=1S/C31H35NO5S/c1-2-38(35,36)16-4-15-37-26-13-14-27-24(18-26)6-3-5-22-8-7-21(17-28(22)27)20-32-25-11-9-23(10-12-25)29-19-30(29)31(33)34/h7-14,17-18,29-30,32H,2-6,15-16,19-20H2,1H3,(H,33,34). The number of ether oxygens (including phenoxy) is 1. The van der Waals surface area contributed by atoms with Gasteiger partial charge in [-0.3, -0.25) is 4.79 Å². The van der Waals surface area contributed by atoms with Crippen molar-refractivity contribution in [3.8, 4) is 16.9 Å². The summed E-state index contributed by atoms with van der Waals surface area (Å²) in [4.78, 5) is 11.1. The number of aliphatic carboxylic acids is 1. The minimum Gasteiger partial charge on any atom is -0.494 e. The molecule has 1 saturated carbocycles. The third-order valence-electron chi connectivity index (χ3n) is 7.68. The van der Waals surface area contributed by atoms with Crippen LogP contribution in [0.5, 0.6) is 5.75 Å². The molecule has 0 aliphatic heterocycles. The first-order valence-electron chi connectivity index (χ1n) is 13.5. The van der Waals surface area contributed by atoms with Gasteiger partial charge in [-0.15, -0.1) is 0 Å². The predicted octanol–water partition coefficient (Wildman–Crippen LogP) is 5.85. The van der Waals surface area contributed by atoms with Crippen molar-refractivity contribution >= 4 is 21.5 Å². The van der Waals surface area contributed by atoms with E-state index in [1.807, 2.05) is 30.3 Å². The van der Waals surface area contributed by atoms with Gasteiger partial charge in [-0.05, 0) is 102 Å². The Hall–Kier alpha value is -3.32. The number of rotatable bonds is 11. The molecule has 0 radical (unpaired) electrons. The summed E-state index contributed by atoms with van der Waals surface area (Å²) in [5, 5.41) is 12.7. The predicted molar refractivity (Wildman–Crippen MR) is 151 cm³/mol. The average Bonchev–Trinajstić information content (AvgIpc) is 3.74. The third kappa shape index (κ3) is 6.21. The lowest BCUT2D eigenvalue weighted by atomic mass is 9.94. The largest absolute Gasteiger partial charge is 0.494 e. The SMILES string of the molecule is CCS(=O)(=O)CCCOc1ccc2c(c1)CCCc1ccc(CNc3ccc(C4CC4C(=O)O)cc3)cc1-2. The fourth-order valence-corrected chi connectivity index (χ4v) is 6.15. The van der Waals surface area contributed by atoms with Gasteiger partial charge in [0.1, 0.15) is 15.6 Å². The summed E-state index contributed by atoms with van der Waals surface area (Å²) in [5.74, 6) is 0.339. The van der Waals surface area contributed by atoms with Gasteiger partial charge < -0.3 is 15.2 Å². The molecule has 2 N–H and O–H groups in total. The lowest BCUT2D eigenvalue weighted by Gasteiger charge is -2.14. The van der Waals surface area contributed by atoms with Gasteiger partial charge in [0.25, 0.3) is 0 Å². The lowest BCUT2D eigenvalue weighted by Crippen LogP contribution is -2.11. The third-order valence-corrected chi connectivity index (χ3v) is 9.48. The van der Waals surface area contributed by atoms with Gasteiger partial charge in [0.2, 0.25) is 0 Å². The molecule has 5 rings (SSSR count). The number of hydrogen-bond acceptors (Lipinski definition) is 5. The van der Waals surface area contributed by atoms with Crippen LogP contribution in [0.2, 0.25) is 0 Å². The van der Waals surface area contributed by atoms with Crippen molar-refractivity contribution in [3.63, 3.8) is 0 Å². The zero-order valence-electron chi connectivity index (χ0n) is 21.8. The minimum absolute atomic E-state index is 0.148. The molecule has 2 aliphatic carbocycles. The van der Waals surface area contributed by atoms with E-state index in [1.54, 1.807) is 6.92 Å². The van der Waals surface area contributed by atoms with E-state index in [0.29, 0.717) is 19.6 Å². The number of aryl methyl sites for hydroxylation is 2. The summed E-state index contributed by atoms with van der Waals surface area (Å²) >= 11 is 0. The zero-order chi connectivity index (χ0) is 26.7. The molecule has 0 amide bonds. The van der Waals surface area contributed by atoms with E-state index in [2.05, 4.69) is 35.6 Å². The van der Waals surface area contributed by atoms with Crippen molar-refractivity contribution in [1.29, 1.82) is 0 Å². The van der Waals surface area contributed by atoms with E-state index in [9.17, 15) is 13.2 Å². The highest BCUT2D eigenvalue weighted by atomic mass is 32.2. The highest BCUT2D eigenvalue weighted by Gasteiger charge is 2.44. The summed E-state index contributed by atoms with van der Waals surface area (Å²) in [5.41, 5.74) is 8.44. The molecule has 2 unspecified atom stereocenters. The van der Waals surface area contributed by atoms with E-state index < -0.39 is 15.8 Å². The van der Waals surface area contributed by atoms with Gasteiger partial charge in [0.15, 0.2) is 0 Å². The van der Waals surface area contributed by atoms with Crippen molar-refractivity contribution in [2.45, 2.75) is 51.5 Å². The molecular weight excluding hydrogens is 498 g/mol. The lowest BCUT2D eigenvalue weighted by molar-refractivity contribution is -0.138. The molecule has 38 heavy (non-hydrogen) atoms. The summed E-state index contributed by atoms with van der Waals surface area (Å²) < 4.78 is 29.3. The summed E-state index contributed by atoms with van der Waals surface area (Å²) in [7, 11) is -2.97. The zero-order valence-corrected chi connectivity index (χ0v) is 22.6. The Bertz CT molecular complexity index is 1410. The molecule has 0 bridgehead atoms. The number of fused-ring (bicyclic) bond motifs is 3. The number of sulfone groups is 1. The first kappa shape index (κ1) is 26.3. The Morgan fingerprint density at radius 1 is 1.00 bits per heavy atom. The van der Waals surface area contributed by atoms with Crippen LogP contribution in [0.25, 0.3) is 11.1 Å². The number of carboxylic acids is 1. The Balaban J connectivity index is 1.23. The molecule has 0 heterocycles. The van der Waals surface area contributed by atoms with Crippen molar-refractivity contribution in [3.05, 3.63) is 82.9 Å². The van der Waals surface area contributed by atoms with E-state index in [0.717, 1.165) is 42.7 Å². The summed E-state index contributed by atoms with van der Waals surface area (Å²) in [6.07, 6.45) is 4.32. The first-order chi connectivity index (χ1) is 18.3. The first-order valence-corrected chi connectivity index (χ1v) is 15.3. The van der Waals surface area contributed by atoms with Crippen LogP contribution in [0, 0.1) is 5.92 Å². The number of hydrogen-bond donors (Lipinski definition) is 2. The molecule has 200 valence electrons. The molecule has 1 fully saturated rings. The Morgan fingerprint density at radius 3 is 2.53 bits per heavy atom. The van der Waals surface area contributed by atoms with Crippen LogP contribution in [-0.2, 0) is 34.0 Å². The highest BCUT2D eigenvalue weighted by Crippen LogP contribution is 2.47. The second-order valence-electron chi connectivity index (χ2n) is 10.4. The van der Waals surface area contributed by atoms with Gasteiger partial charge in [-0.1, -0.05) is 37.3 Å². The molecule has 6 nitrogen and oxygen atoms in total. The molecule has 2 aliphatic rings. The molecular formula is C31H35NO5S. The number of carboxylic acid groups (broad SMARTS) is 1.